The van der Waals surface area contributed by atoms with Crippen LogP contribution in [-0.2, 0) is 12.8 Å². The minimum Gasteiger partial charge on any atom is -0.361 e. The van der Waals surface area contributed by atoms with Crippen LogP contribution in [0.4, 0.5) is 0 Å². The van der Waals surface area contributed by atoms with E-state index in [1.54, 1.807) is 12.1 Å². The Kier molecular flexibility index (Phi) is 5.27. The van der Waals surface area contributed by atoms with E-state index in [9.17, 15) is 4.79 Å². The average molecular weight is 406 g/mol. The van der Waals surface area contributed by atoms with Crippen LogP contribution in [0.1, 0.15) is 28.4 Å². The van der Waals surface area contributed by atoms with E-state index in [1.807, 2.05) is 12.3 Å². The number of aromatic nitrogens is 1. The molecular formula is C19H18BrClN2O. The third kappa shape index (κ3) is 3.50. The number of fused-ring (bicyclic) bond motifs is 1. The number of carbonyl (C=O) groups is 1. The second-order valence-corrected chi connectivity index (χ2v) is 6.96. The van der Waals surface area contributed by atoms with Crippen LogP contribution in [0, 0.1) is 0 Å². The van der Waals surface area contributed by atoms with Gasteiger partial charge in [-0.2, -0.15) is 0 Å². The molecular weight excluding hydrogens is 388 g/mol. The van der Waals surface area contributed by atoms with Gasteiger partial charge in [-0.25, -0.2) is 0 Å². The van der Waals surface area contributed by atoms with Crippen LogP contribution in [0.2, 0.25) is 5.02 Å². The van der Waals surface area contributed by atoms with Crippen molar-refractivity contribution in [2.24, 2.45) is 0 Å². The lowest BCUT2D eigenvalue weighted by Gasteiger charge is -2.07. The van der Waals surface area contributed by atoms with Crippen LogP contribution in [-0.4, -0.2) is 17.4 Å². The van der Waals surface area contributed by atoms with Crippen LogP contribution >= 0.6 is 27.5 Å². The monoisotopic (exact) mass is 404 g/mol. The smallest absolute Gasteiger partial charge is 0.252 e. The van der Waals surface area contributed by atoms with E-state index in [0.717, 1.165) is 17.3 Å². The van der Waals surface area contributed by atoms with Crippen molar-refractivity contribution in [1.82, 2.24) is 10.3 Å². The normalized spacial score (nSPS) is 11.0. The molecule has 0 fully saturated rings. The predicted octanol–water partition coefficient (Wildman–Crippen LogP) is 5.12. The van der Waals surface area contributed by atoms with Gasteiger partial charge in [-0.3, -0.25) is 4.79 Å². The standard InChI is InChI=1S/C19H18BrClN2O/c1-2-12-4-3-5-15-13(11-23-18(12)15)8-9-22-19(24)16-10-14(20)6-7-17(16)21/h3-7,10-11,23H,2,8-9H2,1H3,(H,22,24). The van der Waals surface area contributed by atoms with Gasteiger partial charge in [0.2, 0.25) is 0 Å². The first-order valence-corrected chi connectivity index (χ1v) is 9.08. The molecule has 24 heavy (non-hydrogen) atoms. The molecule has 2 aromatic carbocycles. The number of hydrogen-bond donors (Lipinski definition) is 2. The lowest BCUT2D eigenvalue weighted by molar-refractivity contribution is 0.0954. The molecule has 0 aliphatic rings. The highest BCUT2D eigenvalue weighted by Crippen LogP contribution is 2.23. The zero-order valence-corrected chi connectivity index (χ0v) is 15.7. The molecule has 0 atom stereocenters. The van der Waals surface area contributed by atoms with Crippen LogP contribution in [0.15, 0.2) is 47.1 Å². The molecule has 3 rings (SSSR count). The van der Waals surface area contributed by atoms with Crippen molar-refractivity contribution in [3.63, 3.8) is 0 Å². The number of nitrogens with one attached hydrogen (secondary N) is 2. The quantitative estimate of drug-likeness (QED) is 0.608. The summed E-state index contributed by atoms with van der Waals surface area (Å²) in [5.41, 5.74) is 4.19. The number of aromatic amines is 1. The molecule has 2 N–H and O–H groups in total. The van der Waals surface area contributed by atoms with Crippen molar-refractivity contribution in [3.05, 3.63) is 68.8 Å². The zero-order valence-electron chi connectivity index (χ0n) is 13.3. The molecule has 3 nitrogen and oxygen atoms in total. The average Bonchev–Trinajstić information content (AvgIpc) is 3.00. The Bertz CT molecular complexity index is 888. The maximum atomic E-state index is 12.3. The van der Waals surface area contributed by atoms with Gasteiger partial charge in [0.05, 0.1) is 10.6 Å². The van der Waals surface area contributed by atoms with Gasteiger partial charge in [0, 0.05) is 28.1 Å². The Balaban J connectivity index is 1.69. The second kappa shape index (κ2) is 7.41. The molecule has 1 aromatic heterocycles. The van der Waals surface area contributed by atoms with Crippen molar-refractivity contribution in [3.8, 4) is 0 Å². The van der Waals surface area contributed by atoms with Gasteiger partial charge in [-0.05, 0) is 42.2 Å². The summed E-state index contributed by atoms with van der Waals surface area (Å²) in [5.74, 6) is -0.157. The van der Waals surface area contributed by atoms with E-state index in [0.29, 0.717) is 17.1 Å². The number of halogens is 2. The van der Waals surface area contributed by atoms with Crippen LogP contribution in [0.5, 0.6) is 0 Å². The van der Waals surface area contributed by atoms with Gasteiger partial charge in [0.15, 0.2) is 0 Å². The lowest BCUT2D eigenvalue weighted by Crippen LogP contribution is -2.25. The summed E-state index contributed by atoms with van der Waals surface area (Å²) >= 11 is 9.46. The molecule has 3 aromatic rings. The largest absolute Gasteiger partial charge is 0.361 e. The van der Waals surface area contributed by atoms with Crippen LogP contribution in [0.25, 0.3) is 10.9 Å². The minimum absolute atomic E-state index is 0.157. The Morgan fingerprint density at radius 2 is 2.08 bits per heavy atom. The fraction of sp³-hybridized carbons (Fsp3) is 0.211. The SMILES string of the molecule is CCc1cccc2c(CCNC(=O)c3cc(Br)ccc3Cl)c[nH]c12. The summed E-state index contributed by atoms with van der Waals surface area (Å²) < 4.78 is 0.834. The second-order valence-electron chi connectivity index (χ2n) is 5.64. The molecule has 0 unspecified atom stereocenters. The van der Waals surface area contributed by atoms with Crippen molar-refractivity contribution in [2.75, 3.05) is 6.54 Å². The molecule has 0 radical (unpaired) electrons. The van der Waals surface area contributed by atoms with Crippen molar-refractivity contribution in [1.29, 1.82) is 0 Å². The van der Waals surface area contributed by atoms with Gasteiger partial charge in [0.25, 0.3) is 5.91 Å². The molecule has 0 saturated carbocycles. The molecule has 0 saturated heterocycles. The maximum Gasteiger partial charge on any atom is 0.252 e. The summed E-state index contributed by atoms with van der Waals surface area (Å²) in [5, 5.41) is 4.62. The molecule has 5 heteroatoms. The van der Waals surface area contributed by atoms with Crippen molar-refractivity contribution >= 4 is 44.3 Å². The van der Waals surface area contributed by atoms with E-state index < -0.39 is 0 Å². The fourth-order valence-electron chi connectivity index (χ4n) is 2.85. The minimum atomic E-state index is -0.157. The number of amides is 1. The number of para-hydroxylation sites is 1. The summed E-state index contributed by atoms with van der Waals surface area (Å²) in [7, 11) is 0. The first kappa shape index (κ1) is 17.1. The van der Waals surface area contributed by atoms with E-state index in [2.05, 4.69) is 51.4 Å². The van der Waals surface area contributed by atoms with E-state index in [-0.39, 0.29) is 5.91 Å². The highest BCUT2D eigenvalue weighted by Gasteiger charge is 2.11. The van der Waals surface area contributed by atoms with Gasteiger partial charge < -0.3 is 10.3 Å². The molecule has 0 aliphatic heterocycles. The number of carbonyl (C=O) groups excluding carboxylic acids is 1. The number of hydrogen-bond acceptors (Lipinski definition) is 1. The summed E-state index contributed by atoms with van der Waals surface area (Å²) in [6.45, 7) is 2.71. The molecule has 124 valence electrons. The molecule has 1 heterocycles. The number of rotatable bonds is 5. The predicted molar refractivity (Wildman–Crippen MR) is 103 cm³/mol. The molecule has 1 amide bonds. The number of aryl methyl sites for hydroxylation is 1. The highest BCUT2D eigenvalue weighted by atomic mass is 79.9. The fourth-order valence-corrected chi connectivity index (χ4v) is 3.42. The van der Waals surface area contributed by atoms with Crippen molar-refractivity contribution < 1.29 is 4.79 Å². The van der Waals surface area contributed by atoms with Gasteiger partial charge in [-0.1, -0.05) is 52.7 Å². The third-order valence-corrected chi connectivity index (χ3v) is 4.94. The Morgan fingerprint density at radius 1 is 1.25 bits per heavy atom. The van der Waals surface area contributed by atoms with Crippen LogP contribution < -0.4 is 5.32 Å². The topological polar surface area (TPSA) is 44.9 Å². The summed E-state index contributed by atoms with van der Waals surface area (Å²) in [4.78, 5) is 15.6. The van der Waals surface area contributed by atoms with E-state index in [1.165, 1.54) is 22.0 Å². The Hall–Kier alpha value is -1.78. The molecule has 0 spiro atoms. The number of H-pyrrole nitrogens is 1. The van der Waals surface area contributed by atoms with E-state index in [4.69, 9.17) is 11.6 Å². The summed E-state index contributed by atoms with van der Waals surface area (Å²) in [6.07, 6.45) is 3.79. The van der Waals surface area contributed by atoms with Crippen molar-refractivity contribution in [2.45, 2.75) is 19.8 Å². The first-order valence-electron chi connectivity index (χ1n) is 7.91. The van der Waals surface area contributed by atoms with Crippen LogP contribution in [0.3, 0.4) is 0 Å². The van der Waals surface area contributed by atoms with Gasteiger partial charge in [0.1, 0.15) is 0 Å². The summed E-state index contributed by atoms with van der Waals surface area (Å²) in [6, 6.07) is 11.6. The Morgan fingerprint density at radius 3 is 2.88 bits per heavy atom. The molecule has 0 bridgehead atoms. The third-order valence-electron chi connectivity index (χ3n) is 4.12. The molecule has 0 aliphatic carbocycles. The number of benzene rings is 2. The first-order chi connectivity index (χ1) is 11.6. The van der Waals surface area contributed by atoms with Gasteiger partial charge in [-0.15, -0.1) is 0 Å². The Labute approximate surface area is 154 Å². The van der Waals surface area contributed by atoms with Gasteiger partial charge >= 0.3 is 0 Å². The lowest BCUT2D eigenvalue weighted by atomic mass is 10.1. The highest BCUT2D eigenvalue weighted by molar-refractivity contribution is 9.10. The zero-order chi connectivity index (χ0) is 17.1. The maximum absolute atomic E-state index is 12.3. The van der Waals surface area contributed by atoms with E-state index >= 15 is 0 Å².